The maximum Gasteiger partial charge on any atom is 0.141 e. The van der Waals surface area contributed by atoms with Gasteiger partial charge in [0.15, 0.2) is 0 Å². The van der Waals surface area contributed by atoms with E-state index in [-0.39, 0.29) is 0 Å². The van der Waals surface area contributed by atoms with E-state index in [1.165, 1.54) is 0 Å². The quantitative estimate of drug-likeness (QED) is 0.843. The van der Waals surface area contributed by atoms with E-state index in [0.29, 0.717) is 6.04 Å². The van der Waals surface area contributed by atoms with E-state index in [1.807, 2.05) is 12.5 Å². The summed E-state index contributed by atoms with van der Waals surface area (Å²) >= 11 is 1.70. The highest BCUT2D eigenvalue weighted by Gasteiger charge is 2.13. The van der Waals surface area contributed by atoms with Gasteiger partial charge in [-0.25, -0.2) is 9.97 Å². The zero-order valence-corrected chi connectivity index (χ0v) is 12.7. The molecule has 1 unspecified atom stereocenters. The smallest absolute Gasteiger partial charge is 0.141 e. The summed E-state index contributed by atoms with van der Waals surface area (Å²) in [5.41, 5.74) is 2.25. The number of aromatic nitrogens is 3. The lowest BCUT2D eigenvalue weighted by atomic mass is 10.2. The number of nitrogens with one attached hydrogen (secondary N) is 1. The van der Waals surface area contributed by atoms with E-state index < -0.39 is 0 Å². The van der Waals surface area contributed by atoms with Crippen LogP contribution in [0.3, 0.4) is 0 Å². The van der Waals surface area contributed by atoms with Crippen LogP contribution in [0.5, 0.6) is 0 Å². The molecule has 0 aliphatic rings. The van der Waals surface area contributed by atoms with E-state index in [1.54, 1.807) is 11.3 Å². The molecule has 0 fully saturated rings. The summed E-state index contributed by atoms with van der Waals surface area (Å²) < 4.78 is 2.17. The molecular weight excluding hydrogens is 256 g/mol. The van der Waals surface area contributed by atoms with Gasteiger partial charge in [-0.15, -0.1) is 11.3 Å². The fourth-order valence-electron chi connectivity index (χ4n) is 1.99. The Labute approximate surface area is 118 Å². The van der Waals surface area contributed by atoms with Gasteiger partial charge in [-0.3, -0.25) is 0 Å². The van der Waals surface area contributed by atoms with Crippen molar-refractivity contribution in [2.75, 3.05) is 6.54 Å². The van der Waals surface area contributed by atoms with Crippen molar-refractivity contribution in [3.63, 3.8) is 0 Å². The molecule has 0 radical (unpaired) electrons. The lowest BCUT2D eigenvalue weighted by molar-refractivity contribution is 0.561. The predicted molar refractivity (Wildman–Crippen MR) is 80.3 cm³/mol. The minimum atomic E-state index is 0.312. The zero-order valence-electron chi connectivity index (χ0n) is 11.9. The second-order valence-electron chi connectivity index (χ2n) is 4.73. The average Bonchev–Trinajstić information content (AvgIpc) is 3.04. The molecule has 104 valence electrons. The molecule has 2 heterocycles. The van der Waals surface area contributed by atoms with Gasteiger partial charge in [0.2, 0.25) is 0 Å². The Morgan fingerprint density at radius 2 is 2.21 bits per heavy atom. The summed E-state index contributed by atoms with van der Waals surface area (Å²) in [7, 11) is 0. The van der Waals surface area contributed by atoms with Crippen LogP contribution in [0.4, 0.5) is 0 Å². The molecule has 0 spiro atoms. The first-order chi connectivity index (χ1) is 9.26. The van der Waals surface area contributed by atoms with Crippen LogP contribution in [0.1, 0.15) is 45.3 Å². The van der Waals surface area contributed by atoms with Crippen LogP contribution in [0.2, 0.25) is 0 Å². The highest BCUT2D eigenvalue weighted by molar-refractivity contribution is 7.13. The summed E-state index contributed by atoms with van der Waals surface area (Å²) in [4.78, 5) is 8.98. The third kappa shape index (κ3) is 3.42. The molecule has 2 aromatic heterocycles. The van der Waals surface area contributed by atoms with Crippen molar-refractivity contribution in [1.29, 1.82) is 0 Å². The lowest BCUT2D eigenvalue weighted by Crippen LogP contribution is -2.19. The number of nitrogens with zero attached hydrogens (tertiary/aromatic N) is 3. The van der Waals surface area contributed by atoms with Gasteiger partial charge in [0.25, 0.3) is 0 Å². The molecule has 0 amide bonds. The predicted octanol–water partition coefficient (Wildman–Crippen LogP) is 3.48. The number of hydrogen-bond acceptors (Lipinski definition) is 4. The largest absolute Gasteiger partial charge is 0.329 e. The molecule has 0 saturated carbocycles. The molecule has 1 atom stereocenters. The van der Waals surface area contributed by atoms with Crippen molar-refractivity contribution < 1.29 is 0 Å². The average molecular weight is 278 g/mol. The van der Waals surface area contributed by atoms with Gasteiger partial charge in [-0.05, 0) is 26.3 Å². The molecule has 0 aliphatic heterocycles. The molecule has 0 aliphatic carbocycles. The number of rotatable bonds is 7. The van der Waals surface area contributed by atoms with Crippen LogP contribution in [0.25, 0.3) is 10.7 Å². The Kier molecular flexibility index (Phi) is 5.10. The van der Waals surface area contributed by atoms with E-state index in [0.717, 1.165) is 42.3 Å². The SMILES string of the molecule is CCCNC(C)c1csc(-c2cncn2CCC)n1. The van der Waals surface area contributed by atoms with Crippen LogP contribution >= 0.6 is 11.3 Å². The Hall–Kier alpha value is -1.20. The van der Waals surface area contributed by atoms with Gasteiger partial charge in [-0.1, -0.05) is 13.8 Å². The summed E-state index contributed by atoms with van der Waals surface area (Å²) in [6.07, 6.45) is 6.04. The van der Waals surface area contributed by atoms with Crippen molar-refractivity contribution in [2.45, 2.75) is 46.2 Å². The Morgan fingerprint density at radius 1 is 1.37 bits per heavy atom. The molecular formula is C14H22N4S. The van der Waals surface area contributed by atoms with Crippen molar-refractivity contribution >= 4 is 11.3 Å². The van der Waals surface area contributed by atoms with E-state index in [9.17, 15) is 0 Å². The molecule has 0 aromatic carbocycles. The molecule has 2 rings (SSSR count). The Bertz CT molecular complexity index is 503. The summed E-state index contributed by atoms with van der Waals surface area (Å²) in [6.45, 7) is 8.54. The number of hydrogen-bond donors (Lipinski definition) is 1. The van der Waals surface area contributed by atoms with Crippen LogP contribution in [-0.4, -0.2) is 21.1 Å². The number of thiazole rings is 1. The maximum atomic E-state index is 4.74. The second-order valence-corrected chi connectivity index (χ2v) is 5.58. The first kappa shape index (κ1) is 14.2. The van der Waals surface area contributed by atoms with Crippen LogP contribution < -0.4 is 5.32 Å². The van der Waals surface area contributed by atoms with E-state index >= 15 is 0 Å². The fourth-order valence-corrected chi connectivity index (χ4v) is 2.92. The monoisotopic (exact) mass is 278 g/mol. The molecule has 5 heteroatoms. The summed E-state index contributed by atoms with van der Waals surface area (Å²) in [6, 6.07) is 0.312. The van der Waals surface area contributed by atoms with Crippen LogP contribution in [-0.2, 0) is 6.54 Å². The van der Waals surface area contributed by atoms with Crippen LogP contribution in [0.15, 0.2) is 17.9 Å². The second kappa shape index (κ2) is 6.82. The summed E-state index contributed by atoms with van der Waals surface area (Å²) in [5.74, 6) is 0. The molecule has 1 N–H and O–H groups in total. The van der Waals surface area contributed by atoms with Gasteiger partial charge in [0.05, 0.1) is 23.9 Å². The van der Waals surface area contributed by atoms with Crippen molar-refractivity contribution in [1.82, 2.24) is 19.9 Å². The van der Waals surface area contributed by atoms with Gasteiger partial charge < -0.3 is 9.88 Å². The van der Waals surface area contributed by atoms with Crippen molar-refractivity contribution in [3.05, 3.63) is 23.6 Å². The normalized spacial score (nSPS) is 12.8. The van der Waals surface area contributed by atoms with Gasteiger partial charge in [0.1, 0.15) is 5.01 Å². The van der Waals surface area contributed by atoms with Crippen molar-refractivity contribution in [2.24, 2.45) is 0 Å². The van der Waals surface area contributed by atoms with Gasteiger partial charge in [0, 0.05) is 18.0 Å². The molecule has 0 bridgehead atoms. The molecule has 19 heavy (non-hydrogen) atoms. The first-order valence-electron chi connectivity index (χ1n) is 6.95. The molecule has 2 aromatic rings. The van der Waals surface area contributed by atoms with Gasteiger partial charge in [-0.2, -0.15) is 0 Å². The van der Waals surface area contributed by atoms with Crippen LogP contribution in [0, 0.1) is 0 Å². The zero-order chi connectivity index (χ0) is 13.7. The first-order valence-corrected chi connectivity index (χ1v) is 7.83. The standard InChI is InChI=1S/C14H22N4S/c1-4-6-16-11(3)12-9-19-14(17-12)13-8-15-10-18(13)7-5-2/h8-11,16H,4-7H2,1-3H3. The number of aryl methyl sites for hydroxylation is 1. The topological polar surface area (TPSA) is 42.7 Å². The minimum absolute atomic E-state index is 0.312. The summed E-state index contributed by atoms with van der Waals surface area (Å²) in [5, 5.41) is 6.67. The fraction of sp³-hybridized carbons (Fsp3) is 0.571. The van der Waals surface area contributed by atoms with Crippen molar-refractivity contribution in [3.8, 4) is 10.7 Å². The highest BCUT2D eigenvalue weighted by atomic mass is 32.1. The van der Waals surface area contributed by atoms with E-state index in [2.05, 4.69) is 41.0 Å². The third-order valence-electron chi connectivity index (χ3n) is 3.06. The maximum absolute atomic E-state index is 4.74. The van der Waals surface area contributed by atoms with Gasteiger partial charge >= 0.3 is 0 Å². The molecule has 4 nitrogen and oxygen atoms in total. The number of imidazole rings is 1. The van der Waals surface area contributed by atoms with E-state index in [4.69, 9.17) is 4.98 Å². The Morgan fingerprint density at radius 3 is 2.95 bits per heavy atom. The lowest BCUT2D eigenvalue weighted by Gasteiger charge is -2.09. The highest BCUT2D eigenvalue weighted by Crippen LogP contribution is 2.26. The minimum Gasteiger partial charge on any atom is -0.329 e. The third-order valence-corrected chi connectivity index (χ3v) is 3.95. The molecule has 0 saturated heterocycles. The Balaban J connectivity index is 2.13.